The van der Waals surface area contributed by atoms with Crippen LogP contribution in [0.3, 0.4) is 0 Å². The molecular weight excluding hydrogens is 464 g/mol. The van der Waals surface area contributed by atoms with Crippen LogP contribution in [0.5, 0.6) is 0 Å². The van der Waals surface area contributed by atoms with E-state index in [4.69, 9.17) is 9.47 Å². The molecule has 0 aromatic rings. The average Bonchev–Trinajstić information content (AvgIpc) is 2.80. The molecule has 1 heterocycles. The maximum absolute atomic E-state index is 12.6. The summed E-state index contributed by atoms with van der Waals surface area (Å²) < 4.78 is 11.4. The van der Waals surface area contributed by atoms with Gasteiger partial charge in [0.1, 0.15) is 17.6 Å². The molecule has 0 bridgehead atoms. The van der Waals surface area contributed by atoms with Gasteiger partial charge in [0.2, 0.25) is 0 Å². The van der Waals surface area contributed by atoms with Crippen molar-refractivity contribution in [2.75, 3.05) is 0 Å². The predicted octanol–water partition coefficient (Wildman–Crippen LogP) is 6.23. The number of aliphatic hydroxyl groups excluding tert-OH is 1. The van der Waals surface area contributed by atoms with Crippen LogP contribution in [0.25, 0.3) is 0 Å². The normalized spacial score (nSPS) is 55.6. The third kappa shape index (κ3) is 2.91. The van der Waals surface area contributed by atoms with E-state index in [0.717, 1.165) is 44.9 Å². The summed E-state index contributed by atoms with van der Waals surface area (Å²) in [6.45, 7) is 18.1. The van der Waals surface area contributed by atoms with Crippen molar-refractivity contribution in [1.29, 1.82) is 0 Å². The lowest BCUT2D eigenvalue weighted by Crippen LogP contribution is -2.71. The van der Waals surface area contributed by atoms with Crippen LogP contribution < -0.4 is 0 Å². The van der Waals surface area contributed by atoms with Gasteiger partial charge in [-0.3, -0.25) is 9.59 Å². The monoisotopic (exact) mass is 512 g/mol. The number of fused-ring (bicyclic) bond motifs is 8. The fourth-order valence-electron chi connectivity index (χ4n) is 11.5. The van der Waals surface area contributed by atoms with Crippen molar-refractivity contribution in [3.63, 3.8) is 0 Å². The summed E-state index contributed by atoms with van der Waals surface area (Å²) >= 11 is 0. The SMILES string of the molecule is CC(=O)O[C@H]1CC[C@@]2(C)C(CC[C@]3(C)[C@@H]2CC=C2[C@H]4C[C@@]5(C)C(=O)OC5[C@H](O)[C@]4(C)CC[C@]23C)C1(C)C. The van der Waals surface area contributed by atoms with E-state index >= 15 is 0 Å². The minimum Gasteiger partial charge on any atom is -0.462 e. The smallest absolute Gasteiger partial charge is 0.316 e. The van der Waals surface area contributed by atoms with Crippen molar-refractivity contribution in [3.05, 3.63) is 11.6 Å². The van der Waals surface area contributed by atoms with Gasteiger partial charge in [0.25, 0.3) is 0 Å². The highest BCUT2D eigenvalue weighted by molar-refractivity contribution is 5.83. The Morgan fingerprint density at radius 2 is 1.68 bits per heavy atom. The molecule has 5 heteroatoms. The number of esters is 2. The maximum atomic E-state index is 12.6. The predicted molar refractivity (Wildman–Crippen MR) is 141 cm³/mol. The maximum Gasteiger partial charge on any atom is 0.316 e. The molecule has 5 nitrogen and oxygen atoms in total. The molecule has 2 unspecified atom stereocenters. The Balaban J connectivity index is 1.38. The third-order valence-electron chi connectivity index (χ3n) is 14.0. The molecule has 11 atom stereocenters. The molecule has 1 saturated heterocycles. The topological polar surface area (TPSA) is 72.8 Å². The first-order valence-corrected chi connectivity index (χ1v) is 14.8. The Morgan fingerprint density at radius 1 is 0.973 bits per heavy atom. The highest BCUT2D eigenvalue weighted by Crippen LogP contribution is 2.76. The largest absolute Gasteiger partial charge is 0.462 e. The first kappa shape index (κ1) is 25.9. The summed E-state index contributed by atoms with van der Waals surface area (Å²) in [6.07, 6.45) is 9.88. The molecule has 37 heavy (non-hydrogen) atoms. The highest BCUT2D eigenvalue weighted by Gasteiger charge is 2.73. The van der Waals surface area contributed by atoms with Crippen LogP contribution in [-0.2, 0) is 19.1 Å². The summed E-state index contributed by atoms with van der Waals surface area (Å²) in [6, 6.07) is 0. The van der Waals surface area contributed by atoms with Gasteiger partial charge in [-0.2, -0.15) is 0 Å². The molecule has 0 aromatic carbocycles. The fourth-order valence-corrected chi connectivity index (χ4v) is 11.5. The minimum atomic E-state index is -0.601. The van der Waals surface area contributed by atoms with E-state index in [1.54, 1.807) is 6.92 Å². The zero-order chi connectivity index (χ0) is 27.0. The van der Waals surface area contributed by atoms with Gasteiger partial charge in [-0.05, 0) is 92.3 Å². The number of allylic oxidation sites excluding steroid dienone is 2. The zero-order valence-electron chi connectivity index (χ0n) is 24.3. The molecule has 5 aliphatic carbocycles. The Morgan fingerprint density at radius 3 is 2.32 bits per heavy atom. The summed E-state index contributed by atoms with van der Waals surface area (Å²) in [4.78, 5) is 24.5. The van der Waals surface area contributed by atoms with Crippen LogP contribution in [0.1, 0.15) is 107 Å². The van der Waals surface area contributed by atoms with Crippen molar-refractivity contribution in [1.82, 2.24) is 0 Å². The molecule has 0 radical (unpaired) electrons. The van der Waals surface area contributed by atoms with Gasteiger partial charge in [-0.1, -0.05) is 53.2 Å². The lowest BCUT2D eigenvalue weighted by molar-refractivity contribution is -0.267. The second kappa shape index (κ2) is 7.43. The average molecular weight is 513 g/mol. The molecule has 206 valence electrons. The van der Waals surface area contributed by atoms with Crippen molar-refractivity contribution < 1.29 is 24.2 Å². The van der Waals surface area contributed by atoms with Gasteiger partial charge >= 0.3 is 11.9 Å². The Kier molecular flexibility index (Phi) is 5.20. The van der Waals surface area contributed by atoms with Gasteiger partial charge < -0.3 is 14.6 Å². The van der Waals surface area contributed by atoms with Crippen LogP contribution >= 0.6 is 0 Å². The highest BCUT2D eigenvalue weighted by atomic mass is 16.6. The van der Waals surface area contributed by atoms with Gasteiger partial charge in [0.05, 0.1) is 6.10 Å². The quantitative estimate of drug-likeness (QED) is 0.333. The van der Waals surface area contributed by atoms with E-state index in [1.807, 2.05) is 6.92 Å². The molecular formula is C32H48O5. The summed E-state index contributed by atoms with van der Waals surface area (Å²) in [5.41, 5.74) is 1.08. The van der Waals surface area contributed by atoms with Crippen LogP contribution in [-0.4, -0.2) is 35.4 Å². The van der Waals surface area contributed by atoms with E-state index < -0.39 is 11.5 Å². The first-order valence-electron chi connectivity index (χ1n) is 14.8. The van der Waals surface area contributed by atoms with E-state index in [9.17, 15) is 14.7 Å². The van der Waals surface area contributed by atoms with Crippen molar-refractivity contribution in [2.45, 2.75) is 125 Å². The molecule has 0 spiro atoms. The van der Waals surface area contributed by atoms with E-state index in [1.165, 1.54) is 12.0 Å². The van der Waals surface area contributed by atoms with Gasteiger partial charge in [0.15, 0.2) is 0 Å². The van der Waals surface area contributed by atoms with Crippen molar-refractivity contribution >= 4 is 11.9 Å². The number of rotatable bonds is 1. The van der Waals surface area contributed by atoms with E-state index in [-0.39, 0.29) is 57.1 Å². The fraction of sp³-hybridized carbons (Fsp3) is 0.875. The van der Waals surface area contributed by atoms with Gasteiger partial charge in [-0.15, -0.1) is 0 Å². The van der Waals surface area contributed by atoms with E-state index in [0.29, 0.717) is 11.8 Å². The zero-order valence-corrected chi connectivity index (χ0v) is 24.3. The van der Waals surface area contributed by atoms with E-state index in [2.05, 4.69) is 47.6 Å². The molecule has 6 aliphatic rings. The Labute approximate surface area is 223 Å². The molecule has 5 fully saturated rings. The number of hydrogen-bond acceptors (Lipinski definition) is 5. The Hall–Kier alpha value is -1.36. The second-order valence-corrected chi connectivity index (χ2v) is 15.7. The third-order valence-corrected chi connectivity index (χ3v) is 14.0. The molecule has 0 aromatic heterocycles. The van der Waals surface area contributed by atoms with Crippen LogP contribution in [0.4, 0.5) is 0 Å². The minimum absolute atomic E-state index is 0.00671. The van der Waals surface area contributed by atoms with Gasteiger partial charge in [-0.25, -0.2) is 0 Å². The molecule has 1 aliphatic heterocycles. The molecule has 0 amide bonds. The number of carbonyl (C=O) groups excluding carboxylic acids is 2. The summed E-state index contributed by atoms with van der Waals surface area (Å²) in [5.74, 6) is 1.01. The van der Waals surface area contributed by atoms with Crippen LogP contribution in [0.15, 0.2) is 11.6 Å². The lowest BCUT2D eigenvalue weighted by Gasteiger charge is -2.72. The molecule has 4 saturated carbocycles. The number of ether oxygens (including phenoxy) is 2. The Bertz CT molecular complexity index is 1080. The van der Waals surface area contributed by atoms with Gasteiger partial charge in [0, 0.05) is 17.8 Å². The summed E-state index contributed by atoms with van der Waals surface area (Å²) in [5, 5.41) is 11.5. The number of aliphatic hydroxyl groups is 1. The molecule has 6 rings (SSSR count). The first-order chi connectivity index (χ1) is 17.1. The number of carbonyl (C=O) groups is 2. The molecule has 1 N–H and O–H groups in total. The van der Waals surface area contributed by atoms with Crippen LogP contribution in [0, 0.1) is 50.2 Å². The second-order valence-electron chi connectivity index (χ2n) is 15.7. The lowest BCUT2D eigenvalue weighted by atomic mass is 9.33. The van der Waals surface area contributed by atoms with Crippen molar-refractivity contribution in [3.8, 4) is 0 Å². The van der Waals surface area contributed by atoms with Crippen LogP contribution in [0.2, 0.25) is 0 Å². The summed E-state index contributed by atoms with van der Waals surface area (Å²) in [7, 11) is 0. The van der Waals surface area contributed by atoms with Crippen molar-refractivity contribution in [2.24, 2.45) is 50.2 Å². The number of hydrogen-bond donors (Lipinski definition) is 1. The standard InChI is InChI=1S/C32H48O5/c1-18(33)36-23-12-13-29(5)21(27(23,2)3)11-14-32(8)22(29)10-9-19-20-17-30(6)25(37-26(30)35)24(34)28(20,4)15-16-31(19,32)7/h9,20-25,34H,10-17H2,1-8H3/t20-,21?,22-,23+,24+,25?,28-,29+,30-,31-,32-/m1/s1.